The number of benzene rings is 2. The van der Waals surface area contributed by atoms with Crippen LogP contribution in [0.3, 0.4) is 0 Å². The lowest BCUT2D eigenvalue weighted by atomic mass is 9.96. The lowest BCUT2D eigenvalue weighted by Gasteiger charge is -2.32. The third kappa shape index (κ3) is 5.51. The Morgan fingerprint density at radius 2 is 1.82 bits per heavy atom. The molecule has 0 aliphatic carbocycles. The highest BCUT2D eigenvalue weighted by molar-refractivity contribution is 7.99. The molecule has 1 aromatic heterocycles. The van der Waals surface area contributed by atoms with Crippen molar-refractivity contribution in [3.8, 4) is 11.5 Å². The van der Waals surface area contributed by atoms with E-state index in [0.717, 1.165) is 15.7 Å². The fraction of sp³-hybridized carbons (Fsp3) is 0.292. The molecular formula is C24H25ClN4O3S. The number of carbonyl (C=O) groups is 1. The first-order valence-corrected chi connectivity index (χ1v) is 11.8. The molecule has 0 spiro atoms. The SMILES string of the molecule is COc1cc(Cl)c(NC(=O)C2CCN(c3nccnc3Sc3ccccc3)CC2)c(OC)c1. The summed E-state index contributed by atoms with van der Waals surface area (Å²) in [5.74, 6) is 1.68. The normalized spacial score (nSPS) is 14.1. The summed E-state index contributed by atoms with van der Waals surface area (Å²) in [5.41, 5.74) is 0.461. The van der Waals surface area contributed by atoms with Crippen molar-refractivity contribution in [1.82, 2.24) is 9.97 Å². The molecule has 2 heterocycles. The van der Waals surface area contributed by atoms with Crippen LogP contribution in [0.4, 0.5) is 11.5 Å². The number of nitrogens with zero attached hydrogens (tertiary/aromatic N) is 3. The van der Waals surface area contributed by atoms with E-state index in [4.69, 9.17) is 21.1 Å². The van der Waals surface area contributed by atoms with Gasteiger partial charge in [-0.25, -0.2) is 9.97 Å². The first kappa shape index (κ1) is 23.2. The minimum absolute atomic E-state index is 0.0713. The van der Waals surface area contributed by atoms with Gasteiger partial charge in [-0.05, 0) is 25.0 Å². The van der Waals surface area contributed by atoms with Crippen LogP contribution in [0.1, 0.15) is 12.8 Å². The molecular weight excluding hydrogens is 460 g/mol. The number of halogens is 1. The number of nitrogens with one attached hydrogen (secondary N) is 1. The Morgan fingerprint density at radius 3 is 2.52 bits per heavy atom. The highest BCUT2D eigenvalue weighted by Crippen LogP contribution is 2.38. The molecule has 1 amide bonds. The molecule has 9 heteroatoms. The first-order valence-electron chi connectivity index (χ1n) is 10.6. The molecule has 1 saturated heterocycles. The summed E-state index contributed by atoms with van der Waals surface area (Å²) in [6.07, 6.45) is 4.82. The number of carbonyl (C=O) groups excluding carboxylic acids is 1. The quantitative estimate of drug-likeness (QED) is 0.496. The van der Waals surface area contributed by atoms with Gasteiger partial charge in [-0.2, -0.15) is 0 Å². The molecule has 7 nitrogen and oxygen atoms in total. The molecule has 1 N–H and O–H groups in total. The van der Waals surface area contributed by atoms with Gasteiger partial charge in [-0.3, -0.25) is 4.79 Å². The van der Waals surface area contributed by atoms with Crippen molar-refractivity contribution in [2.45, 2.75) is 22.8 Å². The van der Waals surface area contributed by atoms with Crippen LogP contribution >= 0.6 is 23.4 Å². The number of amides is 1. The van der Waals surface area contributed by atoms with Crippen molar-refractivity contribution in [2.75, 3.05) is 37.5 Å². The number of rotatable bonds is 7. The second-order valence-corrected chi connectivity index (χ2v) is 9.01. The van der Waals surface area contributed by atoms with Gasteiger partial charge >= 0.3 is 0 Å². The first-order chi connectivity index (χ1) is 16.1. The maximum absolute atomic E-state index is 13.0. The van der Waals surface area contributed by atoms with Gasteiger partial charge in [0.05, 0.1) is 19.2 Å². The van der Waals surface area contributed by atoms with Gasteiger partial charge < -0.3 is 19.7 Å². The van der Waals surface area contributed by atoms with Crippen LogP contribution in [-0.4, -0.2) is 43.2 Å². The summed E-state index contributed by atoms with van der Waals surface area (Å²) in [6, 6.07) is 13.5. The summed E-state index contributed by atoms with van der Waals surface area (Å²) in [7, 11) is 3.09. The summed E-state index contributed by atoms with van der Waals surface area (Å²) in [5, 5.41) is 4.18. The van der Waals surface area contributed by atoms with Crippen molar-refractivity contribution in [3.63, 3.8) is 0 Å². The Bertz CT molecular complexity index is 1110. The second-order valence-electron chi connectivity index (χ2n) is 7.54. The average Bonchev–Trinajstić information content (AvgIpc) is 2.86. The van der Waals surface area contributed by atoms with Crippen LogP contribution in [0.2, 0.25) is 5.02 Å². The van der Waals surface area contributed by atoms with Crippen LogP contribution in [0, 0.1) is 5.92 Å². The zero-order valence-electron chi connectivity index (χ0n) is 18.5. The summed E-state index contributed by atoms with van der Waals surface area (Å²) >= 11 is 7.95. The largest absolute Gasteiger partial charge is 0.497 e. The Morgan fingerprint density at radius 1 is 1.09 bits per heavy atom. The smallest absolute Gasteiger partial charge is 0.227 e. The van der Waals surface area contributed by atoms with Crippen molar-refractivity contribution in [1.29, 1.82) is 0 Å². The van der Waals surface area contributed by atoms with Gasteiger partial charge in [0.2, 0.25) is 5.91 Å². The zero-order chi connectivity index (χ0) is 23.2. The van der Waals surface area contributed by atoms with Gasteiger partial charge in [0.1, 0.15) is 22.2 Å². The molecule has 0 saturated carbocycles. The molecule has 0 radical (unpaired) electrons. The summed E-state index contributed by atoms with van der Waals surface area (Å²) in [6.45, 7) is 1.43. The van der Waals surface area contributed by atoms with E-state index in [1.165, 1.54) is 7.11 Å². The lowest BCUT2D eigenvalue weighted by Crippen LogP contribution is -2.39. The van der Waals surface area contributed by atoms with E-state index >= 15 is 0 Å². The summed E-state index contributed by atoms with van der Waals surface area (Å²) in [4.78, 5) is 25.4. The van der Waals surface area contributed by atoms with E-state index in [2.05, 4.69) is 32.3 Å². The fourth-order valence-corrected chi connectivity index (χ4v) is 4.89. The van der Waals surface area contributed by atoms with Crippen molar-refractivity contribution in [2.24, 2.45) is 5.92 Å². The third-order valence-corrected chi connectivity index (χ3v) is 6.79. The van der Waals surface area contributed by atoms with Gasteiger partial charge in [-0.1, -0.05) is 41.6 Å². The van der Waals surface area contributed by atoms with Gasteiger partial charge in [0.15, 0.2) is 5.82 Å². The number of aromatic nitrogens is 2. The minimum Gasteiger partial charge on any atom is -0.497 e. The molecule has 0 unspecified atom stereocenters. The predicted molar refractivity (Wildman–Crippen MR) is 131 cm³/mol. The monoisotopic (exact) mass is 484 g/mol. The Kier molecular flexibility index (Phi) is 7.57. The van der Waals surface area contributed by atoms with E-state index in [-0.39, 0.29) is 11.8 Å². The van der Waals surface area contributed by atoms with Crippen LogP contribution in [0.5, 0.6) is 11.5 Å². The number of hydrogen-bond donors (Lipinski definition) is 1. The highest BCUT2D eigenvalue weighted by Gasteiger charge is 2.28. The predicted octanol–water partition coefficient (Wildman–Crippen LogP) is 5.15. The van der Waals surface area contributed by atoms with Gasteiger partial charge in [0.25, 0.3) is 0 Å². The standard InChI is InChI=1S/C24H25ClN4O3S/c1-31-17-14-19(25)21(20(15-17)32-2)28-23(30)16-8-12-29(13-9-16)22-24(27-11-10-26-22)33-18-6-4-3-5-7-18/h3-7,10-11,14-16H,8-9,12-13H2,1-2H3,(H,28,30). The molecule has 0 atom stereocenters. The van der Waals surface area contributed by atoms with Crippen molar-refractivity contribution < 1.29 is 14.3 Å². The molecule has 1 aliphatic heterocycles. The maximum Gasteiger partial charge on any atom is 0.227 e. The number of hydrogen-bond acceptors (Lipinski definition) is 7. The average molecular weight is 485 g/mol. The van der Waals surface area contributed by atoms with Crippen LogP contribution in [0.15, 0.2) is 64.8 Å². The number of ether oxygens (including phenoxy) is 2. The molecule has 2 aromatic carbocycles. The fourth-order valence-electron chi connectivity index (χ4n) is 3.74. The molecule has 33 heavy (non-hydrogen) atoms. The van der Waals surface area contributed by atoms with E-state index in [9.17, 15) is 4.79 Å². The Balaban J connectivity index is 1.41. The van der Waals surface area contributed by atoms with Gasteiger partial charge in [0, 0.05) is 48.4 Å². The Hall–Kier alpha value is -2.97. The van der Waals surface area contributed by atoms with Crippen molar-refractivity contribution >= 4 is 40.8 Å². The molecule has 3 aromatic rings. The topological polar surface area (TPSA) is 76.6 Å². The van der Waals surface area contributed by atoms with Crippen LogP contribution in [0.25, 0.3) is 0 Å². The molecule has 0 bridgehead atoms. The van der Waals surface area contributed by atoms with E-state index in [0.29, 0.717) is 48.1 Å². The van der Waals surface area contributed by atoms with Crippen molar-refractivity contribution in [3.05, 3.63) is 59.9 Å². The van der Waals surface area contributed by atoms with E-state index in [1.807, 2.05) is 18.2 Å². The second kappa shape index (κ2) is 10.8. The molecule has 1 aliphatic rings. The van der Waals surface area contributed by atoms with Crippen LogP contribution in [-0.2, 0) is 4.79 Å². The summed E-state index contributed by atoms with van der Waals surface area (Å²) < 4.78 is 10.6. The number of piperidine rings is 1. The Labute approximate surface area is 202 Å². The lowest BCUT2D eigenvalue weighted by molar-refractivity contribution is -0.120. The molecule has 172 valence electrons. The van der Waals surface area contributed by atoms with E-state index < -0.39 is 0 Å². The highest BCUT2D eigenvalue weighted by atomic mass is 35.5. The van der Waals surface area contributed by atoms with Crippen LogP contribution < -0.4 is 19.7 Å². The molecule has 1 fully saturated rings. The van der Waals surface area contributed by atoms with Gasteiger partial charge in [-0.15, -0.1) is 0 Å². The third-order valence-electron chi connectivity index (χ3n) is 5.50. The maximum atomic E-state index is 13.0. The molecule has 4 rings (SSSR count). The minimum atomic E-state index is -0.133. The van der Waals surface area contributed by atoms with E-state index in [1.54, 1.807) is 43.4 Å². The number of anilines is 2. The zero-order valence-corrected chi connectivity index (χ0v) is 20.0. The number of methoxy groups -OCH3 is 2.